The molecule has 1 atom stereocenters. The predicted molar refractivity (Wildman–Crippen MR) is 89.8 cm³/mol. The van der Waals surface area contributed by atoms with Crippen LogP contribution in [0.5, 0.6) is 0 Å². The van der Waals surface area contributed by atoms with E-state index in [1.807, 2.05) is 24.9 Å². The van der Waals surface area contributed by atoms with E-state index in [0.29, 0.717) is 12.3 Å². The number of hydrogen-bond donors (Lipinski definition) is 1. The van der Waals surface area contributed by atoms with Crippen molar-refractivity contribution in [1.82, 2.24) is 10.3 Å². The predicted octanol–water partition coefficient (Wildman–Crippen LogP) is 1.34. The van der Waals surface area contributed by atoms with Crippen molar-refractivity contribution in [3.63, 3.8) is 0 Å². The van der Waals surface area contributed by atoms with Crippen LogP contribution in [0.15, 0.2) is 6.07 Å². The second-order valence-corrected chi connectivity index (χ2v) is 8.82. The molecule has 0 aliphatic carbocycles. The highest BCUT2D eigenvalue weighted by atomic mass is 32.2. The van der Waals surface area contributed by atoms with Gasteiger partial charge in [0.25, 0.3) is 0 Å². The molecule has 1 N–H and O–H groups in total. The number of anilines is 1. The first-order valence-electron chi connectivity index (χ1n) is 6.99. The number of sulfone groups is 1. The molecule has 7 heteroatoms. The minimum absolute atomic E-state index is 0.486. The van der Waals surface area contributed by atoms with E-state index in [4.69, 9.17) is 0 Å². The van der Waals surface area contributed by atoms with Gasteiger partial charge < -0.3 is 10.2 Å². The Hall–Kier alpha value is -0.790. The molecule has 2 heterocycles. The van der Waals surface area contributed by atoms with Crippen molar-refractivity contribution in [2.45, 2.75) is 25.8 Å². The fraction of sp³-hybridized carbons (Fsp3) is 0.643. The van der Waals surface area contributed by atoms with Crippen molar-refractivity contribution in [1.29, 1.82) is 0 Å². The van der Waals surface area contributed by atoms with Crippen LogP contribution < -0.4 is 10.2 Å². The van der Waals surface area contributed by atoms with E-state index in [1.54, 1.807) is 11.8 Å². The number of thioether (sulfide) groups is 1. The van der Waals surface area contributed by atoms with Crippen LogP contribution in [-0.4, -0.2) is 50.1 Å². The maximum Gasteiger partial charge on any atom is 0.169 e. The number of aromatic nitrogens is 1. The zero-order valence-electron chi connectivity index (χ0n) is 13.0. The van der Waals surface area contributed by atoms with E-state index in [-0.39, 0.29) is 0 Å². The number of aryl methyl sites for hydroxylation is 2. The highest BCUT2D eigenvalue weighted by Crippen LogP contribution is 2.30. The molecule has 0 amide bonds. The lowest BCUT2D eigenvalue weighted by Crippen LogP contribution is -2.48. The molecule has 2 rings (SSSR count). The summed E-state index contributed by atoms with van der Waals surface area (Å²) in [6.07, 6.45) is 1.32. The minimum Gasteiger partial charge on any atom is -0.338 e. The van der Waals surface area contributed by atoms with Crippen LogP contribution in [0, 0.1) is 13.8 Å². The third kappa shape index (κ3) is 3.70. The van der Waals surface area contributed by atoms with Crippen molar-refractivity contribution in [2.24, 2.45) is 0 Å². The standard InChI is InChI=1S/C14H23N3O2S2/c1-10-7-11(2)16-14(12(10)8-15-3)17-5-6-20-9-13(17)21(4,18)19/h7,13,15H,5-6,8-9H2,1-4H3. The Balaban J connectivity index is 2.52. The van der Waals surface area contributed by atoms with E-state index < -0.39 is 15.2 Å². The molecule has 1 aromatic rings. The lowest BCUT2D eigenvalue weighted by Gasteiger charge is -2.36. The van der Waals surface area contributed by atoms with Gasteiger partial charge in [-0.1, -0.05) is 0 Å². The van der Waals surface area contributed by atoms with Crippen molar-refractivity contribution in [2.75, 3.05) is 36.3 Å². The summed E-state index contributed by atoms with van der Waals surface area (Å²) < 4.78 is 24.2. The number of hydrogen-bond acceptors (Lipinski definition) is 6. The molecule has 1 aliphatic heterocycles. The van der Waals surface area contributed by atoms with E-state index in [9.17, 15) is 8.42 Å². The molecule has 0 saturated carbocycles. The van der Waals surface area contributed by atoms with E-state index >= 15 is 0 Å². The van der Waals surface area contributed by atoms with E-state index in [2.05, 4.69) is 17.2 Å². The molecule has 0 spiro atoms. The molecular formula is C14H23N3O2S2. The Morgan fingerprint density at radius 2 is 2.19 bits per heavy atom. The van der Waals surface area contributed by atoms with Gasteiger partial charge in [-0.25, -0.2) is 13.4 Å². The van der Waals surface area contributed by atoms with Gasteiger partial charge in [-0.15, -0.1) is 0 Å². The molecule has 1 saturated heterocycles. The van der Waals surface area contributed by atoms with Crippen LogP contribution in [0.1, 0.15) is 16.8 Å². The quantitative estimate of drug-likeness (QED) is 0.899. The number of nitrogens with zero attached hydrogens (tertiary/aromatic N) is 2. The monoisotopic (exact) mass is 329 g/mol. The fourth-order valence-corrected chi connectivity index (χ4v) is 5.47. The zero-order chi connectivity index (χ0) is 15.6. The number of rotatable bonds is 4. The van der Waals surface area contributed by atoms with Gasteiger partial charge in [-0.05, 0) is 32.5 Å². The average Bonchev–Trinajstić information content (AvgIpc) is 2.40. The summed E-state index contributed by atoms with van der Waals surface area (Å²) in [7, 11) is -1.24. The first-order valence-corrected chi connectivity index (χ1v) is 10.1. The van der Waals surface area contributed by atoms with Crippen molar-refractivity contribution >= 4 is 27.4 Å². The zero-order valence-corrected chi connectivity index (χ0v) is 14.6. The second-order valence-electron chi connectivity index (χ2n) is 5.47. The third-order valence-electron chi connectivity index (χ3n) is 3.66. The lowest BCUT2D eigenvalue weighted by atomic mass is 10.1. The number of nitrogens with one attached hydrogen (secondary N) is 1. The van der Waals surface area contributed by atoms with Gasteiger partial charge in [0.2, 0.25) is 0 Å². The molecule has 118 valence electrons. The molecule has 5 nitrogen and oxygen atoms in total. The Bertz CT molecular complexity index is 617. The van der Waals surface area contributed by atoms with Gasteiger partial charge in [0.15, 0.2) is 9.84 Å². The summed E-state index contributed by atoms with van der Waals surface area (Å²) >= 11 is 1.69. The molecule has 0 bridgehead atoms. The van der Waals surface area contributed by atoms with Gasteiger partial charge >= 0.3 is 0 Å². The molecule has 1 fully saturated rings. The minimum atomic E-state index is -3.14. The van der Waals surface area contributed by atoms with Gasteiger partial charge in [-0.3, -0.25) is 0 Å². The maximum atomic E-state index is 12.1. The molecule has 0 aromatic carbocycles. The first-order chi connectivity index (χ1) is 9.84. The highest BCUT2D eigenvalue weighted by Gasteiger charge is 2.33. The molecular weight excluding hydrogens is 306 g/mol. The topological polar surface area (TPSA) is 62.3 Å². The van der Waals surface area contributed by atoms with E-state index in [1.165, 1.54) is 6.26 Å². The Kier molecular flexibility index (Phi) is 5.16. The molecule has 0 radical (unpaired) electrons. The van der Waals surface area contributed by atoms with Crippen molar-refractivity contribution < 1.29 is 8.42 Å². The summed E-state index contributed by atoms with van der Waals surface area (Å²) in [6, 6.07) is 2.05. The van der Waals surface area contributed by atoms with Crippen molar-refractivity contribution in [3.05, 3.63) is 22.9 Å². The van der Waals surface area contributed by atoms with Crippen LogP contribution in [-0.2, 0) is 16.4 Å². The number of pyridine rings is 1. The van der Waals surface area contributed by atoms with Gasteiger partial charge in [0.05, 0.1) is 0 Å². The second kappa shape index (κ2) is 6.54. The lowest BCUT2D eigenvalue weighted by molar-refractivity contribution is 0.583. The van der Waals surface area contributed by atoms with Gasteiger partial charge in [0, 0.05) is 42.1 Å². The van der Waals surface area contributed by atoms with Gasteiger partial charge in [-0.2, -0.15) is 11.8 Å². The molecule has 21 heavy (non-hydrogen) atoms. The summed E-state index contributed by atoms with van der Waals surface area (Å²) in [5.41, 5.74) is 3.16. The highest BCUT2D eigenvalue weighted by molar-refractivity contribution is 8.01. The van der Waals surface area contributed by atoms with Crippen LogP contribution in [0.25, 0.3) is 0 Å². The van der Waals surface area contributed by atoms with Crippen LogP contribution in [0.3, 0.4) is 0 Å². The Labute approximate surface area is 131 Å². The van der Waals surface area contributed by atoms with Crippen LogP contribution in [0.2, 0.25) is 0 Å². The van der Waals surface area contributed by atoms with Gasteiger partial charge in [0.1, 0.15) is 11.2 Å². The fourth-order valence-electron chi connectivity index (χ4n) is 2.65. The SMILES string of the molecule is CNCc1c(C)cc(C)nc1N1CCSCC1S(C)(=O)=O. The van der Waals surface area contributed by atoms with Crippen LogP contribution in [0.4, 0.5) is 5.82 Å². The summed E-state index contributed by atoms with van der Waals surface area (Å²) in [5.74, 6) is 2.35. The summed E-state index contributed by atoms with van der Waals surface area (Å²) in [4.78, 5) is 6.62. The smallest absolute Gasteiger partial charge is 0.169 e. The Morgan fingerprint density at radius 1 is 1.48 bits per heavy atom. The first kappa shape index (κ1) is 16.6. The van der Waals surface area contributed by atoms with Crippen molar-refractivity contribution in [3.8, 4) is 0 Å². The third-order valence-corrected chi connectivity index (χ3v) is 6.30. The largest absolute Gasteiger partial charge is 0.338 e. The average molecular weight is 329 g/mol. The summed E-state index contributed by atoms with van der Waals surface area (Å²) in [6.45, 7) is 5.41. The molecule has 1 aromatic heterocycles. The normalized spacial score (nSPS) is 19.8. The van der Waals surface area contributed by atoms with E-state index in [0.717, 1.165) is 34.9 Å². The Morgan fingerprint density at radius 3 is 2.81 bits per heavy atom. The van der Waals surface area contributed by atoms with Crippen LogP contribution >= 0.6 is 11.8 Å². The molecule has 1 unspecified atom stereocenters. The maximum absolute atomic E-state index is 12.1. The molecule has 1 aliphatic rings. The summed E-state index contributed by atoms with van der Waals surface area (Å²) in [5, 5.41) is 2.67.